The van der Waals surface area contributed by atoms with E-state index in [4.69, 9.17) is 9.47 Å². The van der Waals surface area contributed by atoms with Crippen molar-refractivity contribution in [2.45, 2.75) is 13.2 Å². The third-order valence-electron chi connectivity index (χ3n) is 4.10. The van der Waals surface area contributed by atoms with Crippen LogP contribution in [-0.4, -0.2) is 12.9 Å². The Kier molecular flexibility index (Phi) is 5.78. The van der Waals surface area contributed by atoms with Gasteiger partial charge in [-0.3, -0.25) is 9.59 Å². The first-order valence-corrected chi connectivity index (χ1v) is 8.19. The molecule has 0 atom stereocenters. The molecule has 4 nitrogen and oxygen atoms in total. The number of rotatable bonds is 8. The van der Waals surface area contributed by atoms with Gasteiger partial charge in [0.2, 0.25) is 0 Å². The molecule has 0 saturated carbocycles. The van der Waals surface area contributed by atoms with Crippen LogP contribution in [0.4, 0.5) is 0 Å². The van der Waals surface area contributed by atoms with Gasteiger partial charge in [0.25, 0.3) is 12.9 Å². The molecular formula is C22H18O4. The van der Waals surface area contributed by atoms with Gasteiger partial charge in [-0.15, -0.1) is 0 Å². The number of carbonyl (C=O) groups excluding carboxylic acids is 2. The highest BCUT2D eigenvalue weighted by atomic mass is 16.5. The maximum absolute atomic E-state index is 10.2. The summed E-state index contributed by atoms with van der Waals surface area (Å²) in [4.78, 5) is 20.5. The minimum absolute atomic E-state index is 0.288. The van der Waals surface area contributed by atoms with Gasteiger partial charge in [-0.25, -0.2) is 0 Å². The van der Waals surface area contributed by atoms with E-state index in [0.717, 1.165) is 33.4 Å². The first kappa shape index (κ1) is 17.4. The fourth-order valence-electron chi connectivity index (χ4n) is 2.70. The Morgan fingerprint density at radius 2 is 0.769 bits per heavy atom. The van der Waals surface area contributed by atoms with Crippen LogP contribution < -0.4 is 0 Å². The first-order chi connectivity index (χ1) is 12.8. The zero-order valence-corrected chi connectivity index (χ0v) is 14.1. The van der Waals surface area contributed by atoms with E-state index in [1.54, 1.807) is 0 Å². The number of carbonyl (C=O) groups is 2. The molecule has 0 aliphatic carbocycles. The molecule has 0 saturated heterocycles. The number of ether oxygens (including phenoxy) is 2. The van der Waals surface area contributed by atoms with Gasteiger partial charge in [-0.2, -0.15) is 0 Å². The summed E-state index contributed by atoms with van der Waals surface area (Å²) in [7, 11) is 0. The average Bonchev–Trinajstić information content (AvgIpc) is 2.72. The quantitative estimate of drug-likeness (QED) is 0.569. The Morgan fingerprint density at radius 1 is 0.500 bits per heavy atom. The molecule has 0 aliphatic heterocycles. The maximum atomic E-state index is 10.2. The second-order valence-electron chi connectivity index (χ2n) is 5.79. The predicted molar refractivity (Wildman–Crippen MR) is 99.0 cm³/mol. The lowest BCUT2D eigenvalue weighted by Gasteiger charge is -2.07. The largest absolute Gasteiger partial charge is 0.463 e. The highest BCUT2D eigenvalue weighted by Gasteiger charge is 2.02. The molecule has 3 rings (SSSR count). The third-order valence-corrected chi connectivity index (χ3v) is 4.10. The number of hydrogen-bond acceptors (Lipinski definition) is 4. The van der Waals surface area contributed by atoms with Gasteiger partial charge in [-0.05, 0) is 33.4 Å². The molecule has 3 aromatic rings. The highest BCUT2D eigenvalue weighted by Crippen LogP contribution is 2.25. The van der Waals surface area contributed by atoms with Crippen molar-refractivity contribution in [2.24, 2.45) is 0 Å². The topological polar surface area (TPSA) is 52.6 Å². The molecule has 3 aromatic carbocycles. The van der Waals surface area contributed by atoms with Crippen LogP contribution >= 0.6 is 0 Å². The van der Waals surface area contributed by atoms with E-state index in [0.29, 0.717) is 12.9 Å². The number of hydrogen-bond donors (Lipinski definition) is 0. The second-order valence-corrected chi connectivity index (χ2v) is 5.79. The van der Waals surface area contributed by atoms with E-state index in [-0.39, 0.29) is 13.2 Å². The van der Waals surface area contributed by atoms with Crippen molar-refractivity contribution in [3.05, 3.63) is 83.9 Å². The van der Waals surface area contributed by atoms with E-state index in [1.165, 1.54) is 0 Å². The summed E-state index contributed by atoms with van der Waals surface area (Å²) in [6.45, 7) is 1.48. The maximum Gasteiger partial charge on any atom is 0.293 e. The third kappa shape index (κ3) is 4.36. The Labute approximate surface area is 152 Å². The summed E-state index contributed by atoms with van der Waals surface area (Å²) in [5, 5.41) is 0. The van der Waals surface area contributed by atoms with Gasteiger partial charge in [0, 0.05) is 0 Å². The summed E-state index contributed by atoms with van der Waals surface area (Å²) in [5.41, 5.74) is 6.35. The Balaban J connectivity index is 1.71. The first-order valence-electron chi connectivity index (χ1n) is 8.19. The van der Waals surface area contributed by atoms with Crippen molar-refractivity contribution in [3.63, 3.8) is 0 Å². The van der Waals surface area contributed by atoms with Crippen LogP contribution in [0.5, 0.6) is 0 Å². The number of benzene rings is 3. The standard InChI is InChI=1S/C22H18O4/c23-15-25-13-17-1-5-19(6-2-17)21-9-11-22(12-10-21)20-7-3-18(4-8-20)14-26-16-24/h1-12,15-16H,13-14H2. The van der Waals surface area contributed by atoms with E-state index >= 15 is 0 Å². The van der Waals surface area contributed by atoms with Crippen molar-refractivity contribution in [3.8, 4) is 22.3 Å². The molecule has 0 unspecified atom stereocenters. The van der Waals surface area contributed by atoms with E-state index in [9.17, 15) is 9.59 Å². The van der Waals surface area contributed by atoms with Gasteiger partial charge in [0.15, 0.2) is 0 Å². The lowest BCUT2D eigenvalue weighted by molar-refractivity contribution is -0.130. The van der Waals surface area contributed by atoms with Crippen molar-refractivity contribution < 1.29 is 19.1 Å². The summed E-state index contributed by atoms with van der Waals surface area (Å²) in [5.74, 6) is 0. The molecular weight excluding hydrogens is 328 g/mol. The van der Waals surface area contributed by atoms with Gasteiger partial charge < -0.3 is 9.47 Å². The zero-order chi connectivity index (χ0) is 18.2. The van der Waals surface area contributed by atoms with Crippen LogP contribution in [0.25, 0.3) is 22.3 Å². The minimum Gasteiger partial charge on any atom is -0.463 e. The molecule has 130 valence electrons. The van der Waals surface area contributed by atoms with Crippen molar-refractivity contribution >= 4 is 12.9 Å². The molecule has 0 radical (unpaired) electrons. The van der Waals surface area contributed by atoms with Gasteiger partial charge in [0.05, 0.1) is 0 Å². The fourth-order valence-corrected chi connectivity index (χ4v) is 2.70. The summed E-state index contributed by atoms with van der Waals surface area (Å²) < 4.78 is 9.51. The zero-order valence-electron chi connectivity index (χ0n) is 14.1. The van der Waals surface area contributed by atoms with E-state index in [2.05, 4.69) is 24.3 Å². The molecule has 0 aromatic heterocycles. The van der Waals surface area contributed by atoms with Crippen molar-refractivity contribution in [2.75, 3.05) is 0 Å². The van der Waals surface area contributed by atoms with Crippen molar-refractivity contribution in [1.82, 2.24) is 0 Å². The summed E-state index contributed by atoms with van der Waals surface area (Å²) >= 11 is 0. The fraction of sp³-hybridized carbons (Fsp3) is 0.0909. The van der Waals surface area contributed by atoms with Crippen LogP contribution in [0, 0.1) is 0 Å². The molecule has 0 amide bonds. The second kappa shape index (κ2) is 8.62. The lowest BCUT2D eigenvalue weighted by atomic mass is 9.99. The van der Waals surface area contributed by atoms with Crippen LogP contribution in [0.3, 0.4) is 0 Å². The van der Waals surface area contributed by atoms with Crippen molar-refractivity contribution in [1.29, 1.82) is 0 Å². The normalized spacial score (nSPS) is 10.2. The summed E-state index contributed by atoms with van der Waals surface area (Å²) in [6.07, 6.45) is 0. The van der Waals surface area contributed by atoms with E-state index in [1.807, 2.05) is 48.5 Å². The van der Waals surface area contributed by atoms with Crippen LogP contribution in [0.1, 0.15) is 11.1 Å². The van der Waals surface area contributed by atoms with Crippen LogP contribution in [-0.2, 0) is 32.3 Å². The van der Waals surface area contributed by atoms with Crippen LogP contribution in [0.2, 0.25) is 0 Å². The minimum atomic E-state index is 0.288. The molecule has 0 aliphatic rings. The molecule has 0 N–H and O–H groups in total. The Hall–Kier alpha value is -3.40. The van der Waals surface area contributed by atoms with Gasteiger partial charge >= 0.3 is 0 Å². The Bertz CT molecular complexity index is 776. The monoisotopic (exact) mass is 346 g/mol. The molecule has 4 heteroatoms. The lowest BCUT2D eigenvalue weighted by Crippen LogP contribution is -1.90. The molecule has 26 heavy (non-hydrogen) atoms. The van der Waals surface area contributed by atoms with Crippen LogP contribution in [0.15, 0.2) is 72.8 Å². The van der Waals surface area contributed by atoms with Gasteiger partial charge in [-0.1, -0.05) is 72.8 Å². The predicted octanol–water partition coefficient (Wildman–Crippen LogP) is 4.37. The average molecular weight is 346 g/mol. The molecule has 0 spiro atoms. The highest BCUT2D eigenvalue weighted by molar-refractivity contribution is 5.70. The van der Waals surface area contributed by atoms with Gasteiger partial charge in [0.1, 0.15) is 13.2 Å². The summed E-state index contributed by atoms with van der Waals surface area (Å²) in [6, 6.07) is 24.2. The SMILES string of the molecule is O=COCc1ccc(-c2ccc(-c3ccc(COC=O)cc3)cc2)cc1. The van der Waals surface area contributed by atoms with E-state index < -0.39 is 0 Å². The molecule has 0 heterocycles. The molecule has 0 bridgehead atoms. The molecule has 0 fully saturated rings. The smallest absolute Gasteiger partial charge is 0.293 e. The Morgan fingerprint density at radius 3 is 1.04 bits per heavy atom.